The molecular formula is C13H16N2. The molecule has 2 aliphatic carbocycles. The highest BCUT2D eigenvalue weighted by molar-refractivity contribution is 6.02. The molecule has 2 atom stereocenters. The van der Waals surface area contributed by atoms with Crippen LogP contribution in [0.15, 0.2) is 41.1 Å². The van der Waals surface area contributed by atoms with Crippen LogP contribution in [0.5, 0.6) is 0 Å². The highest BCUT2D eigenvalue weighted by Gasteiger charge is 2.25. The lowest BCUT2D eigenvalue weighted by atomic mass is 9.90. The van der Waals surface area contributed by atoms with Crippen molar-refractivity contribution in [2.75, 3.05) is 0 Å². The van der Waals surface area contributed by atoms with Crippen molar-refractivity contribution in [3.05, 3.63) is 36.1 Å². The fraction of sp³-hybridized carbons (Fsp3) is 0.462. The van der Waals surface area contributed by atoms with Gasteiger partial charge in [0, 0.05) is 12.2 Å². The van der Waals surface area contributed by atoms with Crippen molar-refractivity contribution in [1.29, 1.82) is 0 Å². The molecule has 0 amide bonds. The van der Waals surface area contributed by atoms with Crippen molar-refractivity contribution in [2.24, 2.45) is 4.99 Å². The fourth-order valence-corrected chi connectivity index (χ4v) is 2.55. The van der Waals surface area contributed by atoms with Crippen LogP contribution in [0.25, 0.3) is 0 Å². The van der Waals surface area contributed by atoms with E-state index in [2.05, 4.69) is 40.8 Å². The van der Waals surface area contributed by atoms with E-state index in [9.17, 15) is 0 Å². The predicted molar refractivity (Wildman–Crippen MR) is 63.0 cm³/mol. The fourth-order valence-electron chi connectivity index (χ4n) is 2.55. The SMILES string of the molecule is C1=CC2=NC=C3CCCCC3NC2C=C1. The van der Waals surface area contributed by atoms with Crippen LogP contribution in [0, 0.1) is 0 Å². The smallest absolute Gasteiger partial charge is 0.0688 e. The quantitative estimate of drug-likeness (QED) is 0.637. The molecule has 1 aliphatic heterocycles. The Morgan fingerprint density at radius 2 is 2.27 bits per heavy atom. The highest BCUT2D eigenvalue weighted by Crippen LogP contribution is 2.26. The topological polar surface area (TPSA) is 24.4 Å². The summed E-state index contributed by atoms with van der Waals surface area (Å²) in [6.07, 6.45) is 15.7. The second kappa shape index (κ2) is 3.78. The number of aliphatic imine (C=N–C) groups is 1. The maximum atomic E-state index is 4.58. The Morgan fingerprint density at radius 3 is 3.27 bits per heavy atom. The van der Waals surface area contributed by atoms with E-state index in [1.54, 1.807) is 0 Å². The van der Waals surface area contributed by atoms with Crippen molar-refractivity contribution in [2.45, 2.75) is 37.8 Å². The van der Waals surface area contributed by atoms with Gasteiger partial charge in [-0.3, -0.25) is 10.3 Å². The van der Waals surface area contributed by atoms with Crippen molar-refractivity contribution in [3.8, 4) is 0 Å². The van der Waals surface area contributed by atoms with Gasteiger partial charge in [-0.25, -0.2) is 0 Å². The molecule has 1 N–H and O–H groups in total. The zero-order chi connectivity index (χ0) is 10.1. The maximum Gasteiger partial charge on any atom is 0.0688 e. The molecule has 0 spiro atoms. The summed E-state index contributed by atoms with van der Waals surface area (Å²) in [5.41, 5.74) is 2.64. The normalized spacial score (nSPS) is 33.6. The third kappa shape index (κ3) is 1.70. The number of hydrogen-bond donors (Lipinski definition) is 1. The Balaban J connectivity index is 1.90. The number of nitrogens with one attached hydrogen (secondary N) is 1. The van der Waals surface area contributed by atoms with Crippen LogP contribution >= 0.6 is 0 Å². The summed E-state index contributed by atoms with van der Waals surface area (Å²) >= 11 is 0. The molecule has 2 heteroatoms. The monoisotopic (exact) mass is 200 g/mol. The third-order valence-corrected chi connectivity index (χ3v) is 3.42. The van der Waals surface area contributed by atoms with Crippen molar-refractivity contribution < 1.29 is 0 Å². The van der Waals surface area contributed by atoms with Gasteiger partial charge in [0.05, 0.1) is 11.8 Å². The molecular weight excluding hydrogens is 184 g/mol. The van der Waals surface area contributed by atoms with Gasteiger partial charge < -0.3 is 0 Å². The summed E-state index contributed by atoms with van der Waals surface area (Å²) in [6.45, 7) is 0. The number of nitrogens with zero attached hydrogens (tertiary/aromatic N) is 1. The second-order valence-corrected chi connectivity index (χ2v) is 4.44. The molecule has 78 valence electrons. The lowest BCUT2D eigenvalue weighted by Gasteiger charge is -2.27. The minimum atomic E-state index is 0.326. The Labute approximate surface area is 90.5 Å². The first kappa shape index (κ1) is 9.10. The molecule has 0 saturated heterocycles. The van der Waals surface area contributed by atoms with Gasteiger partial charge >= 0.3 is 0 Å². The number of rotatable bonds is 0. The molecule has 15 heavy (non-hydrogen) atoms. The minimum Gasteiger partial charge on any atom is -0.299 e. The van der Waals surface area contributed by atoms with Crippen LogP contribution in [-0.4, -0.2) is 17.8 Å². The highest BCUT2D eigenvalue weighted by atomic mass is 15.0. The van der Waals surface area contributed by atoms with E-state index in [-0.39, 0.29) is 0 Å². The van der Waals surface area contributed by atoms with E-state index in [0.717, 1.165) is 5.71 Å². The van der Waals surface area contributed by atoms with Crippen LogP contribution in [0.1, 0.15) is 25.7 Å². The first-order chi connectivity index (χ1) is 7.43. The zero-order valence-corrected chi connectivity index (χ0v) is 8.82. The Morgan fingerprint density at radius 1 is 1.27 bits per heavy atom. The molecule has 3 rings (SSSR count). The third-order valence-electron chi connectivity index (χ3n) is 3.42. The van der Waals surface area contributed by atoms with Gasteiger partial charge in [-0.05, 0) is 30.9 Å². The maximum absolute atomic E-state index is 4.58. The summed E-state index contributed by atoms with van der Waals surface area (Å²) < 4.78 is 0. The van der Waals surface area contributed by atoms with E-state index in [4.69, 9.17) is 0 Å². The summed E-state index contributed by atoms with van der Waals surface area (Å²) in [5, 5.41) is 3.68. The lowest BCUT2D eigenvalue weighted by molar-refractivity contribution is 0.457. The minimum absolute atomic E-state index is 0.326. The van der Waals surface area contributed by atoms with Gasteiger partial charge in [0.15, 0.2) is 0 Å². The van der Waals surface area contributed by atoms with Gasteiger partial charge in [-0.2, -0.15) is 0 Å². The average molecular weight is 200 g/mol. The number of fused-ring (bicyclic) bond motifs is 2. The number of allylic oxidation sites excluding steroid dienone is 2. The lowest BCUT2D eigenvalue weighted by Crippen LogP contribution is -2.42. The summed E-state index contributed by atoms with van der Waals surface area (Å²) in [4.78, 5) is 4.58. The molecule has 1 saturated carbocycles. The standard InChI is InChI=1S/C13H16N2/c1-2-6-11-10(5-1)9-14-12-7-3-4-8-13(12)15-11/h3-4,7-9,11,13,15H,1-2,5-6H2. The van der Waals surface area contributed by atoms with Crippen LogP contribution in [0.4, 0.5) is 0 Å². The van der Waals surface area contributed by atoms with Crippen LogP contribution < -0.4 is 5.32 Å². The Bertz CT molecular complexity index is 374. The predicted octanol–water partition coefficient (Wildman–Crippen LogP) is 2.35. The largest absolute Gasteiger partial charge is 0.299 e. The molecule has 0 aromatic carbocycles. The van der Waals surface area contributed by atoms with E-state index in [1.807, 2.05) is 0 Å². The van der Waals surface area contributed by atoms with Crippen LogP contribution in [0.2, 0.25) is 0 Å². The van der Waals surface area contributed by atoms with Gasteiger partial charge in [0.2, 0.25) is 0 Å². The Hall–Kier alpha value is -1.15. The molecule has 2 unspecified atom stereocenters. The average Bonchev–Trinajstić information content (AvgIpc) is 2.48. The molecule has 0 aromatic heterocycles. The first-order valence-electron chi connectivity index (χ1n) is 5.81. The molecule has 1 fully saturated rings. The summed E-state index contributed by atoms with van der Waals surface area (Å²) in [6, 6.07) is 0.882. The molecule has 1 heterocycles. The van der Waals surface area contributed by atoms with Gasteiger partial charge in [0.25, 0.3) is 0 Å². The molecule has 0 aromatic rings. The first-order valence-corrected chi connectivity index (χ1v) is 5.81. The van der Waals surface area contributed by atoms with E-state index >= 15 is 0 Å². The zero-order valence-electron chi connectivity index (χ0n) is 8.82. The van der Waals surface area contributed by atoms with Gasteiger partial charge in [0.1, 0.15) is 0 Å². The summed E-state index contributed by atoms with van der Waals surface area (Å²) in [5.74, 6) is 0. The number of hydrogen-bond acceptors (Lipinski definition) is 2. The van der Waals surface area contributed by atoms with E-state index in [1.165, 1.54) is 31.3 Å². The van der Waals surface area contributed by atoms with Crippen molar-refractivity contribution in [1.82, 2.24) is 5.32 Å². The van der Waals surface area contributed by atoms with Crippen molar-refractivity contribution in [3.63, 3.8) is 0 Å². The van der Waals surface area contributed by atoms with Crippen molar-refractivity contribution >= 4 is 5.71 Å². The van der Waals surface area contributed by atoms with Gasteiger partial charge in [-0.15, -0.1) is 0 Å². The Kier molecular flexibility index (Phi) is 2.29. The molecule has 2 nitrogen and oxygen atoms in total. The van der Waals surface area contributed by atoms with Crippen LogP contribution in [0.3, 0.4) is 0 Å². The molecule has 0 bridgehead atoms. The second-order valence-electron chi connectivity index (χ2n) is 4.44. The van der Waals surface area contributed by atoms with E-state index in [0.29, 0.717) is 12.1 Å². The van der Waals surface area contributed by atoms with Gasteiger partial charge in [-0.1, -0.05) is 24.6 Å². The summed E-state index contributed by atoms with van der Waals surface area (Å²) in [7, 11) is 0. The van der Waals surface area contributed by atoms with E-state index < -0.39 is 0 Å². The molecule has 0 radical (unpaired) electrons. The molecule has 3 aliphatic rings. The van der Waals surface area contributed by atoms with Crippen LogP contribution in [-0.2, 0) is 0 Å².